The summed E-state index contributed by atoms with van der Waals surface area (Å²) >= 11 is 0. The average molecular weight is 1160 g/mol. The van der Waals surface area contributed by atoms with Crippen LogP contribution in [0.15, 0.2) is 141 Å². The van der Waals surface area contributed by atoms with Gasteiger partial charge in [-0.15, -0.1) is 0 Å². The minimum Gasteiger partial charge on any atom is -0.494 e. The van der Waals surface area contributed by atoms with Gasteiger partial charge in [0.05, 0.1) is 51.8 Å². The Morgan fingerprint density at radius 1 is 0.388 bits per heavy atom. The lowest BCUT2D eigenvalue weighted by molar-refractivity contribution is -0.138. The van der Waals surface area contributed by atoms with E-state index >= 15 is 0 Å². The third-order valence-electron chi connectivity index (χ3n) is 17.2. The van der Waals surface area contributed by atoms with Crippen molar-refractivity contribution in [2.45, 2.75) is 186 Å². The van der Waals surface area contributed by atoms with E-state index in [0.717, 1.165) is 101 Å². The minimum atomic E-state index is -0.361. The van der Waals surface area contributed by atoms with Crippen LogP contribution in [0.3, 0.4) is 0 Å². The van der Waals surface area contributed by atoms with E-state index in [2.05, 4.69) is 117 Å². The van der Waals surface area contributed by atoms with Crippen molar-refractivity contribution < 1.29 is 47.5 Å². The Kier molecular flexibility index (Phi) is 29.6. The number of esters is 3. The number of hydrogen-bond acceptors (Lipinski definition) is 10. The maximum atomic E-state index is 13.2. The molecular weight excluding hydrogens is 1060 g/mol. The van der Waals surface area contributed by atoms with Crippen molar-refractivity contribution in [1.29, 1.82) is 0 Å². The average Bonchev–Trinajstić information content (AvgIpc) is 3.69. The van der Waals surface area contributed by atoms with Gasteiger partial charge in [0, 0.05) is 12.2 Å². The first-order valence-corrected chi connectivity index (χ1v) is 32.6. The van der Waals surface area contributed by atoms with Gasteiger partial charge in [0.2, 0.25) is 0 Å². The van der Waals surface area contributed by atoms with Crippen molar-refractivity contribution in [3.05, 3.63) is 157 Å². The van der Waals surface area contributed by atoms with E-state index in [4.69, 9.17) is 33.2 Å². The Labute approximate surface area is 509 Å². The molecule has 2 aliphatic carbocycles. The first-order valence-electron chi connectivity index (χ1n) is 32.6. The summed E-state index contributed by atoms with van der Waals surface area (Å²) in [6, 6.07) is 40.7. The van der Waals surface area contributed by atoms with Crippen molar-refractivity contribution in [2.75, 3.05) is 46.2 Å². The van der Waals surface area contributed by atoms with Crippen LogP contribution < -0.4 is 18.9 Å². The zero-order chi connectivity index (χ0) is 59.5. The summed E-state index contributed by atoms with van der Waals surface area (Å²) in [7, 11) is 0. The van der Waals surface area contributed by atoms with Gasteiger partial charge in [-0.3, -0.25) is 0 Å². The molecule has 0 saturated heterocycles. The van der Waals surface area contributed by atoms with Gasteiger partial charge in [0.1, 0.15) is 11.5 Å². The number of carbonyl (C=O) groups is 3. The summed E-state index contributed by atoms with van der Waals surface area (Å²) in [4.78, 5) is 35.6. The Morgan fingerprint density at radius 3 is 1.18 bits per heavy atom. The summed E-state index contributed by atoms with van der Waals surface area (Å²) in [6.45, 7) is 12.9. The quantitative estimate of drug-likeness (QED) is 0.0162. The topological polar surface area (TPSA) is 116 Å². The van der Waals surface area contributed by atoms with Crippen LogP contribution in [0.1, 0.15) is 207 Å². The smallest absolute Gasteiger partial charge is 0.338 e. The number of rotatable bonds is 40. The maximum Gasteiger partial charge on any atom is 0.338 e. The summed E-state index contributed by atoms with van der Waals surface area (Å²) in [5.74, 6) is 4.64. The normalized spacial score (nSPS) is 16.6. The molecule has 0 radical (unpaired) electrons. The molecule has 10 heteroatoms. The van der Waals surface area contributed by atoms with E-state index in [1.165, 1.54) is 123 Å². The van der Waals surface area contributed by atoms with E-state index in [1.54, 1.807) is 0 Å². The summed E-state index contributed by atoms with van der Waals surface area (Å²) in [5.41, 5.74) is 8.19. The van der Waals surface area contributed by atoms with Gasteiger partial charge in [0.15, 0.2) is 11.5 Å². The van der Waals surface area contributed by atoms with Gasteiger partial charge < -0.3 is 33.2 Å². The van der Waals surface area contributed by atoms with Crippen LogP contribution in [-0.2, 0) is 23.8 Å². The number of carbonyl (C=O) groups excluding carboxylic acids is 3. The highest BCUT2D eigenvalue weighted by Crippen LogP contribution is 2.40. The van der Waals surface area contributed by atoms with E-state index < -0.39 is 0 Å². The fourth-order valence-corrected chi connectivity index (χ4v) is 12.0. The Balaban J connectivity index is 0.794. The summed E-state index contributed by atoms with van der Waals surface area (Å²) < 4.78 is 40.7. The molecule has 85 heavy (non-hydrogen) atoms. The van der Waals surface area contributed by atoms with Gasteiger partial charge >= 0.3 is 17.9 Å². The molecule has 0 bridgehead atoms. The van der Waals surface area contributed by atoms with E-state index in [-0.39, 0.29) is 17.9 Å². The van der Waals surface area contributed by atoms with Crippen molar-refractivity contribution in [1.82, 2.24) is 0 Å². The molecule has 5 aromatic carbocycles. The molecule has 458 valence electrons. The number of ether oxygens (including phenoxy) is 7. The minimum absolute atomic E-state index is 0.301. The van der Waals surface area contributed by atoms with Crippen LogP contribution in [0.5, 0.6) is 23.0 Å². The van der Waals surface area contributed by atoms with Crippen LogP contribution in [-0.4, -0.2) is 64.2 Å². The summed E-state index contributed by atoms with van der Waals surface area (Å²) in [6.07, 6.45) is 30.9. The fourth-order valence-electron chi connectivity index (χ4n) is 12.0. The summed E-state index contributed by atoms with van der Waals surface area (Å²) in [5, 5.41) is 0. The van der Waals surface area contributed by atoms with Crippen LogP contribution in [0, 0.1) is 11.8 Å². The Hall–Kier alpha value is -6.81. The van der Waals surface area contributed by atoms with Crippen molar-refractivity contribution in [3.8, 4) is 45.3 Å². The van der Waals surface area contributed by atoms with Crippen LogP contribution in [0.2, 0.25) is 0 Å². The number of unbranched alkanes of at least 4 members (excludes halogenated alkanes) is 11. The van der Waals surface area contributed by atoms with E-state index in [0.29, 0.717) is 87.0 Å². The maximum absolute atomic E-state index is 13.2. The molecule has 0 aliphatic heterocycles. The highest BCUT2D eigenvalue weighted by molar-refractivity contribution is 5.90. The standard InChI is InChI=1S/C75H98O10/c1-4-7-8-9-10-19-54-85-75(78)68-44-49-71(81-55-20-22-58-24-28-60(29-25-58)62-32-36-64(37-33-62)66-40-45-69(46-41-66)79-50-15-11-13-17-52-83-73(76)5-2)72(57-68)82-56-21-23-59-26-30-61(31-27-59)63-34-38-65(39-35-63)67-42-47-70(48-43-67)80-51-16-12-14-18-53-84-74(77)6-3/h5-6,32-49,57-61H,2-4,7-31,50-56H2,1H3. The molecule has 0 amide bonds. The molecule has 0 heterocycles. The monoisotopic (exact) mass is 1160 g/mol. The second-order valence-corrected chi connectivity index (χ2v) is 23.5. The van der Waals surface area contributed by atoms with Crippen LogP contribution >= 0.6 is 0 Å². The van der Waals surface area contributed by atoms with Crippen LogP contribution in [0.4, 0.5) is 0 Å². The second kappa shape index (κ2) is 38.3. The van der Waals surface area contributed by atoms with E-state index in [1.807, 2.05) is 18.2 Å². The predicted molar refractivity (Wildman–Crippen MR) is 343 cm³/mol. The number of benzene rings is 5. The molecule has 10 nitrogen and oxygen atoms in total. The largest absolute Gasteiger partial charge is 0.494 e. The molecule has 7 rings (SSSR count). The molecule has 0 unspecified atom stereocenters. The van der Waals surface area contributed by atoms with Gasteiger partial charge in [-0.05, 0) is 234 Å². The van der Waals surface area contributed by atoms with Gasteiger partial charge in [-0.25, -0.2) is 14.4 Å². The Bertz CT molecular complexity index is 2700. The second-order valence-electron chi connectivity index (χ2n) is 23.5. The van der Waals surface area contributed by atoms with Gasteiger partial charge in [-0.1, -0.05) is 125 Å². The van der Waals surface area contributed by atoms with Crippen molar-refractivity contribution in [3.63, 3.8) is 0 Å². The van der Waals surface area contributed by atoms with Crippen molar-refractivity contribution >= 4 is 17.9 Å². The molecule has 2 saturated carbocycles. The molecule has 0 N–H and O–H groups in total. The zero-order valence-electron chi connectivity index (χ0n) is 51.3. The third kappa shape index (κ3) is 23.9. The zero-order valence-corrected chi connectivity index (χ0v) is 51.3. The van der Waals surface area contributed by atoms with Gasteiger partial charge in [-0.2, -0.15) is 0 Å². The lowest BCUT2D eigenvalue weighted by Crippen LogP contribution is -2.15. The highest BCUT2D eigenvalue weighted by atomic mass is 16.5. The highest BCUT2D eigenvalue weighted by Gasteiger charge is 2.24. The number of hydrogen-bond donors (Lipinski definition) is 0. The first kappa shape index (κ1) is 65.7. The first-order chi connectivity index (χ1) is 41.8. The fraction of sp³-hybridized carbons (Fsp3) is 0.507. The van der Waals surface area contributed by atoms with E-state index in [9.17, 15) is 14.4 Å². The molecular formula is C75H98O10. The lowest BCUT2D eigenvalue weighted by Gasteiger charge is -2.29. The molecule has 5 aromatic rings. The Morgan fingerprint density at radius 2 is 0.753 bits per heavy atom. The predicted octanol–water partition coefficient (Wildman–Crippen LogP) is 19.1. The molecule has 0 atom stereocenters. The molecule has 2 fully saturated rings. The van der Waals surface area contributed by atoms with Gasteiger partial charge in [0.25, 0.3) is 0 Å². The third-order valence-corrected chi connectivity index (χ3v) is 17.2. The lowest BCUT2D eigenvalue weighted by atomic mass is 9.77. The molecule has 2 aliphatic rings. The van der Waals surface area contributed by atoms with Crippen LogP contribution in [0.25, 0.3) is 22.3 Å². The van der Waals surface area contributed by atoms with Crippen molar-refractivity contribution in [2.24, 2.45) is 11.8 Å². The SMILES string of the molecule is C=CC(=O)OCCCCCCOc1ccc(-c2ccc(C3CCC(CCCOc4ccc(C(=O)OCCCCCCCC)cc4OCCCC4CCC(c5ccc(-c6ccc(OCCCCCCOC(=O)C=C)cc6)cc5)CC4)CC3)cc2)cc1. The molecule has 0 aromatic heterocycles. The molecule has 0 spiro atoms.